The van der Waals surface area contributed by atoms with Crippen molar-refractivity contribution in [1.29, 1.82) is 0 Å². The summed E-state index contributed by atoms with van der Waals surface area (Å²) in [4.78, 5) is 11.5. The number of rotatable bonds is 9. The number of amides is 1. The number of hydrogen-bond acceptors (Lipinski definition) is 3. The standard InChI is InChI=1S/C12H26N2OS/c1-10(6-8-13)4-5-12(15)14-9-7-11(2)16-3/h10-11H,4-9,13H2,1-3H3,(H,14,15). The second kappa shape index (κ2) is 9.97. The molecule has 1 amide bonds. The molecule has 0 aliphatic carbocycles. The molecule has 16 heavy (non-hydrogen) atoms. The van der Waals surface area contributed by atoms with E-state index in [-0.39, 0.29) is 5.91 Å². The molecule has 0 aromatic heterocycles. The summed E-state index contributed by atoms with van der Waals surface area (Å²) >= 11 is 1.84. The van der Waals surface area contributed by atoms with Gasteiger partial charge in [0.25, 0.3) is 0 Å². The lowest BCUT2D eigenvalue weighted by atomic mass is 10.0. The van der Waals surface area contributed by atoms with E-state index in [0.717, 1.165) is 25.8 Å². The average molecular weight is 246 g/mol. The highest BCUT2D eigenvalue weighted by Crippen LogP contribution is 2.10. The zero-order chi connectivity index (χ0) is 12.4. The fraction of sp³-hybridized carbons (Fsp3) is 0.917. The van der Waals surface area contributed by atoms with Crippen molar-refractivity contribution in [2.24, 2.45) is 11.7 Å². The first kappa shape index (κ1) is 15.8. The fourth-order valence-electron chi connectivity index (χ4n) is 1.43. The summed E-state index contributed by atoms with van der Waals surface area (Å²) in [6.45, 7) is 5.84. The van der Waals surface area contributed by atoms with Crippen LogP contribution in [0, 0.1) is 5.92 Å². The molecular formula is C12H26N2OS. The summed E-state index contributed by atoms with van der Waals surface area (Å²) in [6.07, 6.45) is 5.74. The molecular weight excluding hydrogens is 220 g/mol. The topological polar surface area (TPSA) is 55.1 Å². The van der Waals surface area contributed by atoms with Crippen LogP contribution in [0.15, 0.2) is 0 Å². The van der Waals surface area contributed by atoms with Crippen LogP contribution in [-0.4, -0.2) is 30.5 Å². The van der Waals surface area contributed by atoms with Gasteiger partial charge < -0.3 is 11.1 Å². The van der Waals surface area contributed by atoms with Crippen molar-refractivity contribution in [2.45, 2.75) is 44.8 Å². The van der Waals surface area contributed by atoms with Crippen LogP contribution in [0.4, 0.5) is 0 Å². The summed E-state index contributed by atoms with van der Waals surface area (Å²) in [5, 5.41) is 3.58. The van der Waals surface area contributed by atoms with Crippen molar-refractivity contribution in [3.63, 3.8) is 0 Å². The van der Waals surface area contributed by atoms with Crippen molar-refractivity contribution in [3.8, 4) is 0 Å². The molecule has 0 aliphatic rings. The maximum Gasteiger partial charge on any atom is 0.220 e. The van der Waals surface area contributed by atoms with Gasteiger partial charge >= 0.3 is 0 Å². The van der Waals surface area contributed by atoms with Gasteiger partial charge in [0.15, 0.2) is 0 Å². The number of carbonyl (C=O) groups excluding carboxylic acids is 1. The van der Waals surface area contributed by atoms with E-state index in [2.05, 4.69) is 25.4 Å². The van der Waals surface area contributed by atoms with Gasteiger partial charge in [-0.2, -0.15) is 11.8 Å². The summed E-state index contributed by atoms with van der Waals surface area (Å²) in [5.74, 6) is 0.734. The first-order valence-corrected chi connectivity index (χ1v) is 7.38. The first-order valence-electron chi connectivity index (χ1n) is 6.09. The van der Waals surface area contributed by atoms with Crippen molar-refractivity contribution < 1.29 is 4.79 Å². The Bertz CT molecular complexity index is 188. The van der Waals surface area contributed by atoms with E-state index in [1.54, 1.807) is 0 Å². The minimum absolute atomic E-state index is 0.178. The lowest BCUT2D eigenvalue weighted by Crippen LogP contribution is -2.26. The van der Waals surface area contributed by atoms with E-state index in [4.69, 9.17) is 5.73 Å². The van der Waals surface area contributed by atoms with Gasteiger partial charge in [0, 0.05) is 18.2 Å². The highest BCUT2D eigenvalue weighted by Gasteiger charge is 2.06. The lowest BCUT2D eigenvalue weighted by molar-refractivity contribution is -0.121. The van der Waals surface area contributed by atoms with Crippen molar-refractivity contribution >= 4 is 17.7 Å². The van der Waals surface area contributed by atoms with Gasteiger partial charge in [-0.05, 0) is 38.0 Å². The smallest absolute Gasteiger partial charge is 0.220 e. The van der Waals surface area contributed by atoms with Crippen LogP contribution in [0.1, 0.15) is 39.5 Å². The Labute approximate surface area is 104 Å². The lowest BCUT2D eigenvalue weighted by Gasteiger charge is -2.11. The minimum Gasteiger partial charge on any atom is -0.356 e. The van der Waals surface area contributed by atoms with Crippen molar-refractivity contribution in [1.82, 2.24) is 5.32 Å². The Morgan fingerprint density at radius 3 is 2.56 bits per heavy atom. The Kier molecular flexibility index (Phi) is 9.83. The molecule has 0 saturated heterocycles. The van der Waals surface area contributed by atoms with E-state index >= 15 is 0 Å². The highest BCUT2D eigenvalue weighted by atomic mass is 32.2. The maximum absolute atomic E-state index is 11.5. The molecule has 0 bridgehead atoms. The number of nitrogens with one attached hydrogen (secondary N) is 1. The summed E-state index contributed by atoms with van der Waals surface area (Å²) in [7, 11) is 0. The Balaban J connectivity index is 3.44. The average Bonchev–Trinajstić information content (AvgIpc) is 2.26. The quantitative estimate of drug-likeness (QED) is 0.654. The highest BCUT2D eigenvalue weighted by molar-refractivity contribution is 7.99. The SMILES string of the molecule is CSC(C)CCNC(=O)CCC(C)CCN. The predicted molar refractivity (Wildman–Crippen MR) is 72.7 cm³/mol. The Hall–Kier alpha value is -0.220. The fourth-order valence-corrected chi connectivity index (χ4v) is 1.78. The monoisotopic (exact) mass is 246 g/mol. The summed E-state index contributed by atoms with van der Waals surface area (Å²) in [5.41, 5.74) is 5.46. The molecule has 0 saturated carbocycles. The van der Waals surface area contributed by atoms with Gasteiger partial charge in [-0.25, -0.2) is 0 Å². The van der Waals surface area contributed by atoms with Crippen LogP contribution < -0.4 is 11.1 Å². The predicted octanol–water partition coefficient (Wildman–Crippen LogP) is 2.01. The number of thioether (sulfide) groups is 1. The molecule has 0 aromatic rings. The van der Waals surface area contributed by atoms with Crippen LogP contribution >= 0.6 is 11.8 Å². The molecule has 96 valence electrons. The second-order valence-corrected chi connectivity index (χ2v) is 5.68. The molecule has 0 rings (SSSR count). The van der Waals surface area contributed by atoms with Gasteiger partial charge in [0.05, 0.1) is 0 Å². The third-order valence-corrected chi connectivity index (χ3v) is 3.84. The molecule has 3 nitrogen and oxygen atoms in total. The first-order chi connectivity index (χ1) is 7.60. The second-order valence-electron chi connectivity index (χ2n) is 4.41. The van der Waals surface area contributed by atoms with Gasteiger partial charge in [-0.15, -0.1) is 0 Å². The maximum atomic E-state index is 11.5. The zero-order valence-electron chi connectivity index (χ0n) is 10.8. The van der Waals surface area contributed by atoms with Crippen LogP contribution in [0.3, 0.4) is 0 Å². The van der Waals surface area contributed by atoms with Gasteiger partial charge in [-0.1, -0.05) is 13.8 Å². The van der Waals surface area contributed by atoms with E-state index in [1.807, 2.05) is 11.8 Å². The molecule has 0 heterocycles. The summed E-state index contributed by atoms with van der Waals surface area (Å²) in [6, 6.07) is 0. The number of carbonyl (C=O) groups is 1. The molecule has 0 fully saturated rings. The largest absolute Gasteiger partial charge is 0.356 e. The molecule has 3 N–H and O–H groups in total. The van der Waals surface area contributed by atoms with Crippen LogP contribution in [0.25, 0.3) is 0 Å². The number of hydrogen-bond donors (Lipinski definition) is 2. The van der Waals surface area contributed by atoms with Crippen molar-refractivity contribution in [3.05, 3.63) is 0 Å². The molecule has 2 unspecified atom stereocenters. The van der Waals surface area contributed by atoms with E-state index in [1.165, 1.54) is 0 Å². The third-order valence-electron chi connectivity index (χ3n) is 2.80. The Morgan fingerprint density at radius 1 is 1.31 bits per heavy atom. The van der Waals surface area contributed by atoms with Crippen molar-refractivity contribution in [2.75, 3.05) is 19.3 Å². The van der Waals surface area contributed by atoms with Crippen LogP contribution in [0.5, 0.6) is 0 Å². The third kappa shape index (κ3) is 9.04. The van der Waals surface area contributed by atoms with Crippen LogP contribution in [-0.2, 0) is 4.79 Å². The van der Waals surface area contributed by atoms with Gasteiger partial charge in [0.1, 0.15) is 0 Å². The van der Waals surface area contributed by atoms with E-state index in [9.17, 15) is 4.79 Å². The zero-order valence-corrected chi connectivity index (χ0v) is 11.6. The molecule has 0 radical (unpaired) electrons. The molecule has 0 spiro atoms. The van der Waals surface area contributed by atoms with E-state index in [0.29, 0.717) is 24.1 Å². The normalized spacial score (nSPS) is 14.5. The van der Waals surface area contributed by atoms with Gasteiger partial charge in [-0.3, -0.25) is 4.79 Å². The number of nitrogens with two attached hydrogens (primary N) is 1. The molecule has 2 atom stereocenters. The van der Waals surface area contributed by atoms with E-state index < -0.39 is 0 Å². The molecule has 0 aromatic carbocycles. The summed E-state index contributed by atoms with van der Waals surface area (Å²) < 4.78 is 0. The molecule has 0 aliphatic heterocycles. The van der Waals surface area contributed by atoms with Gasteiger partial charge in [0.2, 0.25) is 5.91 Å². The Morgan fingerprint density at radius 2 is 2.00 bits per heavy atom. The van der Waals surface area contributed by atoms with Crippen LogP contribution in [0.2, 0.25) is 0 Å². The molecule has 4 heteroatoms. The minimum atomic E-state index is 0.178.